The van der Waals surface area contributed by atoms with Gasteiger partial charge in [-0.05, 0) is 25.9 Å². The Bertz CT molecular complexity index is 373. The van der Waals surface area contributed by atoms with E-state index in [1.807, 2.05) is 0 Å². The van der Waals surface area contributed by atoms with Crippen molar-refractivity contribution in [1.29, 1.82) is 0 Å². The zero-order valence-corrected chi connectivity index (χ0v) is 9.90. The Morgan fingerprint density at radius 1 is 1.69 bits per heavy atom. The first kappa shape index (κ1) is 11.3. The molecular formula is C12H18N2O2. The first-order valence-corrected chi connectivity index (χ1v) is 5.91. The van der Waals surface area contributed by atoms with E-state index in [9.17, 15) is 4.79 Å². The highest BCUT2D eigenvalue weighted by atomic mass is 16.5. The monoisotopic (exact) mass is 222 g/mol. The van der Waals surface area contributed by atoms with Crippen molar-refractivity contribution < 1.29 is 9.32 Å². The third-order valence-electron chi connectivity index (χ3n) is 3.26. The number of rotatable bonds is 4. The van der Waals surface area contributed by atoms with E-state index in [1.54, 1.807) is 6.07 Å². The second-order valence-corrected chi connectivity index (χ2v) is 4.36. The van der Waals surface area contributed by atoms with Crippen LogP contribution in [0.2, 0.25) is 0 Å². The number of hydrogen-bond donors (Lipinski definition) is 0. The molecule has 0 amide bonds. The van der Waals surface area contributed by atoms with E-state index in [2.05, 4.69) is 17.0 Å². The summed E-state index contributed by atoms with van der Waals surface area (Å²) in [4.78, 5) is 13.5. The number of carbonyl (C=O) groups excluding carboxylic acids is 1. The molecular weight excluding hydrogens is 204 g/mol. The molecule has 1 aliphatic rings. The normalized spacial score (nSPS) is 21.5. The van der Waals surface area contributed by atoms with E-state index in [0.717, 1.165) is 18.7 Å². The lowest BCUT2D eigenvalue weighted by Gasteiger charge is -2.21. The van der Waals surface area contributed by atoms with Crippen molar-refractivity contribution in [2.75, 3.05) is 13.1 Å². The van der Waals surface area contributed by atoms with Gasteiger partial charge in [-0.3, -0.25) is 4.79 Å². The van der Waals surface area contributed by atoms with Gasteiger partial charge < -0.3 is 9.42 Å². The van der Waals surface area contributed by atoms with Crippen LogP contribution in [0.1, 0.15) is 42.9 Å². The first-order valence-electron chi connectivity index (χ1n) is 5.91. The van der Waals surface area contributed by atoms with Gasteiger partial charge in [0.2, 0.25) is 0 Å². The lowest BCUT2D eigenvalue weighted by molar-refractivity contribution is 0.100. The van der Waals surface area contributed by atoms with Crippen LogP contribution in [0.5, 0.6) is 0 Å². The number of hydrogen-bond acceptors (Lipinski definition) is 4. The number of nitrogens with zero attached hydrogens (tertiary/aromatic N) is 2. The van der Waals surface area contributed by atoms with Crippen LogP contribution < -0.4 is 0 Å². The van der Waals surface area contributed by atoms with Crippen LogP contribution in [-0.2, 0) is 6.42 Å². The molecule has 0 radical (unpaired) electrons. The highest BCUT2D eigenvalue weighted by molar-refractivity contribution is 5.91. The molecule has 1 aromatic rings. The molecule has 1 atom stereocenters. The van der Waals surface area contributed by atoms with Crippen LogP contribution in [-0.4, -0.2) is 35.0 Å². The predicted molar refractivity (Wildman–Crippen MR) is 60.5 cm³/mol. The molecule has 2 heterocycles. The standard InChI is InChI=1S/C12H18N2O2/c1-3-14-6-4-5-10(14)7-11-8-12(9(2)15)13-16-11/h8,10H,3-7H2,1-2H3. The van der Waals surface area contributed by atoms with Crippen molar-refractivity contribution in [3.8, 4) is 0 Å². The summed E-state index contributed by atoms with van der Waals surface area (Å²) in [6.07, 6.45) is 3.34. The summed E-state index contributed by atoms with van der Waals surface area (Å²) in [5.74, 6) is 0.796. The molecule has 0 aromatic carbocycles. The SMILES string of the molecule is CCN1CCCC1Cc1cc(C(C)=O)no1. The fourth-order valence-corrected chi connectivity index (χ4v) is 2.35. The summed E-state index contributed by atoms with van der Waals surface area (Å²) >= 11 is 0. The number of ketones is 1. The molecule has 4 heteroatoms. The second kappa shape index (κ2) is 4.78. The zero-order chi connectivity index (χ0) is 11.5. The molecule has 0 spiro atoms. The van der Waals surface area contributed by atoms with Gasteiger partial charge in [-0.25, -0.2) is 0 Å². The predicted octanol–water partition coefficient (Wildman–Crippen LogP) is 1.90. The minimum atomic E-state index is -0.0335. The molecule has 1 unspecified atom stereocenters. The molecule has 1 fully saturated rings. The summed E-state index contributed by atoms with van der Waals surface area (Å²) < 4.78 is 5.18. The highest BCUT2D eigenvalue weighted by Crippen LogP contribution is 2.21. The molecule has 0 N–H and O–H groups in total. The molecule has 0 bridgehead atoms. The third-order valence-corrected chi connectivity index (χ3v) is 3.26. The van der Waals surface area contributed by atoms with Crippen LogP contribution >= 0.6 is 0 Å². The number of aromatic nitrogens is 1. The van der Waals surface area contributed by atoms with Crippen molar-refractivity contribution in [2.45, 2.75) is 39.2 Å². The van der Waals surface area contributed by atoms with E-state index in [0.29, 0.717) is 11.7 Å². The van der Waals surface area contributed by atoms with Crippen molar-refractivity contribution >= 4 is 5.78 Å². The Labute approximate surface area is 95.6 Å². The average Bonchev–Trinajstić information content (AvgIpc) is 2.87. The van der Waals surface area contributed by atoms with Crippen LogP contribution in [0, 0.1) is 0 Å². The minimum Gasteiger partial charge on any atom is -0.361 e. The van der Waals surface area contributed by atoms with E-state index < -0.39 is 0 Å². The molecule has 1 aromatic heterocycles. The number of Topliss-reactive ketones (excluding diaryl/α,β-unsaturated/α-hetero) is 1. The maximum Gasteiger partial charge on any atom is 0.181 e. The molecule has 0 saturated carbocycles. The maximum absolute atomic E-state index is 11.1. The van der Waals surface area contributed by atoms with Crippen LogP contribution in [0.4, 0.5) is 0 Å². The summed E-state index contributed by atoms with van der Waals surface area (Å²) in [5.41, 5.74) is 0.441. The Morgan fingerprint density at radius 3 is 3.12 bits per heavy atom. The molecule has 1 aliphatic heterocycles. The zero-order valence-electron chi connectivity index (χ0n) is 9.90. The lowest BCUT2D eigenvalue weighted by atomic mass is 10.1. The van der Waals surface area contributed by atoms with Gasteiger partial charge in [-0.15, -0.1) is 0 Å². The summed E-state index contributed by atoms with van der Waals surface area (Å²) in [5, 5.41) is 3.77. The molecule has 2 rings (SSSR count). The highest BCUT2D eigenvalue weighted by Gasteiger charge is 2.24. The lowest BCUT2D eigenvalue weighted by Crippen LogP contribution is -2.30. The Morgan fingerprint density at radius 2 is 2.50 bits per heavy atom. The van der Waals surface area contributed by atoms with Gasteiger partial charge in [0.25, 0.3) is 0 Å². The molecule has 16 heavy (non-hydrogen) atoms. The largest absolute Gasteiger partial charge is 0.361 e. The fourth-order valence-electron chi connectivity index (χ4n) is 2.35. The van der Waals surface area contributed by atoms with E-state index in [1.165, 1.54) is 26.3 Å². The van der Waals surface area contributed by atoms with E-state index in [-0.39, 0.29) is 5.78 Å². The Balaban J connectivity index is 2.00. The van der Waals surface area contributed by atoms with Crippen molar-refractivity contribution in [2.24, 2.45) is 0 Å². The molecule has 1 saturated heterocycles. The van der Waals surface area contributed by atoms with Crippen molar-refractivity contribution in [3.63, 3.8) is 0 Å². The number of carbonyl (C=O) groups is 1. The molecule has 88 valence electrons. The third kappa shape index (κ3) is 2.32. The Hall–Kier alpha value is -1.16. The fraction of sp³-hybridized carbons (Fsp3) is 0.667. The quantitative estimate of drug-likeness (QED) is 0.730. The number of likely N-dealkylation sites (tertiary alicyclic amines) is 1. The van der Waals surface area contributed by atoms with Gasteiger partial charge in [-0.1, -0.05) is 12.1 Å². The Kier molecular flexibility index (Phi) is 3.39. The van der Waals surface area contributed by atoms with Crippen molar-refractivity contribution in [1.82, 2.24) is 10.1 Å². The smallest absolute Gasteiger partial charge is 0.181 e. The second-order valence-electron chi connectivity index (χ2n) is 4.36. The van der Waals surface area contributed by atoms with Gasteiger partial charge >= 0.3 is 0 Å². The van der Waals surface area contributed by atoms with Gasteiger partial charge in [0.1, 0.15) is 11.5 Å². The average molecular weight is 222 g/mol. The van der Waals surface area contributed by atoms with Gasteiger partial charge in [0.15, 0.2) is 5.78 Å². The van der Waals surface area contributed by atoms with Crippen LogP contribution in [0.25, 0.3) is 0 Å². The van der Waals surface area contributed by atoms with Crippen molar-refractivity contribution in [3.05, 3.63) is 17.5 Å². The summed E-state index contributed by atoms with van der Waals surface area (Å²) in [6, 6.07) is 2.33. The van der Waals surface area contributed by atoms with E-state index in [4.69, 9.17) is 4.52 Å². The van der Waals surface area contributed by atoms with Gasteiger partial charge in [-0.2, -0.15) is 0 Å². The van der Waals surface area contributed by atoms with Gasteiger partial charge in [0.05, 0.1) is 0 Å². The molecule has 0 aliphatic carbocycles. The van der Waals surface area contributed by atoms with Crippen LogP contribution in [0.15, 0.2) is 10.6 Å². The molecule has 4 nitrogen and oxygen atoms in total. The van der Waals surface area contributed by atoms with E-state index >= 15 is 0 Å². The van der Waals surface area contributed by atoms with Gasteiger partial charge in [0, 0.05) is 25.5 Å². The first-order chi connectivity index (χ1) is 7.70. The van der Waals surface area contributed by atoms with Crippen LogP contribution in [0.3, 0.4) is 0 Å². The summed E-state index contributed by atoms with van der Waals surface area (Å²) in [6.45, 7) is 5.95. The minimum absolute atomic E-state index is 0.0335. The maximum atomic E-state index is 11.1. The topological polar surface area (TPSA) is 46.3 Å². The summed E-state index contributed by atoms with van der Waals surface area (Å²) in [7, 11) is 0. The number of likely N-dealkylation sites (N-methyl/N-ethyl adjacent to an activating group) is 1.